The van der Waals surface area contributed by atoms with E-state index >= 15 is 0 Å². The molecule has 0 saturated heterocycles. The van der Waals surface area contributed by atoms with Crippen molar-refractivity contribution in [2.24, 2.45) is 0 Å². The number of esters is 1. The summed E-state index contributed by atoms with van der Waals surface area (Å²) < 4.78 is 7.05. The largest absolute Gasteiger partial charge is 0.465 e. The third-order valence-electron chi connectivity index (χ3n) is 5.03. The maximum Gasteiger partial charge on any atom is 0.337 e. The first-order chi connectivity index (χ1) is 14.9. The standard InChI is InChI=1S/C22H21N5O3S/c1-5-26-16-8-7-14(22(29)30-4)11-17(16)25(3)19(26)10-9-18-20(28)27(6-2)21(31-18)15(12-23)13-24/h7-11H,5-6H2,1-4H3/b18-9+,19-10-. The second kappa shape index (κ2) is 8.90. The molecule has 3 rings (SSSR count). The number of fused-ring (bicyclic) bond motifs is 1. The van der Waals surface area contributed by atoms with E-state index in [1.807, 2.05) is 43.2 Å². The molecule has 1 aliphatic heterocycles. The van der Waals surface area contributed by atoms with Crippen LogP contribution >= 0.6 is 11.3 Å². The molecule has 0 unspecified atom stereocenters. The highest BCUT2D eigenvalue weighted by Crippen LogP contribution is 2.41. The van der Waals surface area contributed by atoms with Crippen molar-refractivity contribution in [1.82, 2.24) is 4.57 Å². The number of ether oxygens (including phenoxy) is 1. The number of carbonyl (C=O) groups is 1. The molecule has 0 aliphatic carbocycles. The lowest BCUT2D eigenvalue weighted by Crippen LogP contribution is -2.31. The summed E-state index contributed by atoms with van der Waals surface area (Å²) in [6, 6.07) is 9.09. The van der Waals surface area contributed by atoms with E-state index in [1.165, 1.54) is 11.7 Å². The summed E-state index contributed by atoms with van der Waals surface area (Å²) in [6.07, 6.45) is 3.54. The van der Waals surface area contributed by atoms with Gasteiger partial charge in [-0.05, 0) is 44.2 Å². The van der Waals surface area contributed by atoms with E-state index in [4.69, 9.17) is 4.74 Å². The zero-order valence-corrected chi connectivity index (χ0v) is 18.5. The maximum atomic E-state index is 12.8. The Morgan fingerprint density at radius 1 is 1.16 bits per heavy atom. The van der Waals surface area contributed by atoms with Gasteiger partial charge in [-0.25, -0.2) is 4.79 Å². The van der Waals surface area contributed by atoms with Crippen molar-refractivity contribution in [1.29, 1.82) is 10.5 Å². The number of anilines is 2. The molecule has 9 heteroatoms. The zero-order valence-electron chi connectivity index (χ0n) is 17.7. The zero-order chi connectivity index (χ0) is 22.7. The average molecular weight is 436 g/mol. The number of allylic oxidation sites excluding steroid dienone is 1. The number of rotatable bonds is 4. The van der Waals surface area contributed by atoms with Crippen LogP contribution in [0.1, 0.15) is 24.2 Å². The van der Waals surface area contributed by atoms with E-state index in [0.717, 1.165) is 28.5 Å². The van der Waals surface area contributed by atoms with Gasteiger partial charge in [0.15, 0.2) is 5.57 Å². The van der Waals surface area contributed by atoms with Crippen LogP contribution in [0.15, 0.2) is 34.9 Å². The van der Waals surface area contributed by atoms with Crippen LogP contribution in [0.5, 0.6) is 0 Å². The fraction of sp³-hybridized carbons (Fsp3) is 0.273. The Morgan fingerprint density at radius 2 is 1.87 bits per heavy atom. The summed E-state index contributed by atoms with van der Waals surface area (Å²) in [5.74, 6) is 0.429. The van der Waals surface area contributed by atoms with Crippen LogP contribution in [0.2, 0.25) is 0 Å². The van der Waals surface area contributed by atoms with Gasteiger partial charge >= 0.3 is 5.97 Å². The van der Waals surface area contributed by atoms with E-state index in [1.54, 1.807) is 25.1 Å². The van der Waals surface area contributed by atoms with Crippen LogP contribution in [0.4, 0.5) is 11.4 Å². The van der Waals surface area contributed by atoms with Crippen molar-refractivity contribution < 1.29 is 9.53 Å². The molecule has 0 amide bonds. The van der Waals surface area contributed by atoms with E-state index in [9.17, 15) is 20.1 Å². The molecular weight excluding hydrogens is 414 g/mol. The minimum Gasteiger partial charge on any atom is -0.465 e. The molecule has 0 atom stereocenters. The van der Waals surface area contributed by atoms with Crippen molar-refractivity contribution in [2.45, 2.75) is 20.4 Å². The number of aromatic nitrogens is 1. The van der Waals surface area contributed by atoms with Gasteiger partial charge in [-0.1, -0.05) is 0 Å². The highest BCUT2D eigenvalue weighted by atomic mass is 32.1. The Bertz CT molecular complexity index is 1320. The van der Waals surface area contributed by atoms with Crippen LogP contribution in [0.3, 0.4) is 0 Å². The van der Waals surface area contributed by atoms with Gasteiger partial charge in [-0.15, -0.1) is 11.3 Å². The maximum absolute atomic E-state index is 12.8. The predicted octanol–water partition coefficient (Wildman–Crippen LogP) is 1.51. The summed E-state index contributed by atoms with van der Waals surface area (Å²) in [5.41, 5.74) is 1.94. The lowest BCUT2D eigenvalue weighted by molar-refractivity contribution is 0.0601. The van der Waals surface area contributed by atoms with Crippen LogP contribution in [0, 0.1) is 22.7 Å². The van der Waals surface area contributed by atoms with Crippen LogP contribution in [-0.2, 0) is 11.3 Å². The molecule has 2 heterocycles. The predicted molar refractivity (Wildman–Crippen MR) is 120 cm³/mol. The van der Waals surface area contributed by atoms with Gasteiger partial charge in [0.25, 0.3) is 5.56 Å². The van der Waals surface area contributed by atoms with Gasteiger partial charge < -0.3 is 14.5 Å². The first-order valence-electron chi connectivity index (χ1n) is 9.61. The Hall–Kier alpha value is -3.82. The molecule has 0 N–H and O–H groups in total. The van der Waals surface area contributed by atoms with Crippen LogP contribution in [-0.4, -0.2) is 31.2 Å². The third-order valence-corrected chi connectivity index (χ3v) is 6.18. The van der Waals surface area contributed by atoms with Crippen molar-refractivity contribution in [2.75, 3.05) is 30.5 Å². The second-order valence-corrected chi connectivity index (χ2v) is 7.64. The number of benzene rings is 1. The summed E-state index contributed by atoms with van der Waals surface area (Å²) in [4.78, 5) is 28.7. The molecule has 31 heavy (non-hydrogen) atoms. The van der Waals surface area contributed by atoms with Crippen molar-refractivity contribution in [3.8, 4) is 12.1 Å². The Morgan fingerprint density at radius 3 is 2.45 bits per heavy atom. The minimum absolute atomic E-state index is 0.0767. The molecule has 2 aromatic rings. The Balaban J connectivity index is 2.15. The summed E-state index contributed by atoms with van der Waals surface area (Å²) in [7, 11) is 3.23. The topological polar surface area (TPSA) is 102 Å². The van der Waals surface area contributed by atoms with E-state index < -0.39 is 5.97 Å². The van der Waals surface area contributed by atoms with Gasteiger partial charge in [0, 0.05) is 20.1 Å². The normalized spacial score (nSPS) is 14.4. The minimum atomic E-state index is -0.406. The lowest BCUT2D eigenvalue weighted by Gasteiger charge is -2.20. The number of carbonyl (C=O) groups excluding carboxylic acids is 1. The van der Waals surface area contributed by atoms with Crippen LogP contribution in [0.25, 0.3) is 11.6 Å². The number of nitrogens with zero attached hydrogens (tertiary/aromatic N) is 5. The average Bonchev–Trinajstić information content (AvgIpc) is 3.25. The highest BCUT2D eigenvalue weighted by Gasteiger charge is 2.28. The van der Waals surface area contributed by atoms with Gasteiger partial charge in [-0.2, -0.15) is 10.5 Å². The van der Waals surface area contributed by atoms with E-state index in [-0.39, 0.29) is 11.1 Å². The summed E-state index contributed by atoms with van der Waals surface area (Å²) in [6.45, 7) is 4.86. The molecule has 0 spiro atoms. The summed E-state index contributed by atoms with van der Waals surface area (Å²) in [5, 5.41) is 18.4. The quantitative estimate of drug-likeness (QED) is 0.671. The molecule has 158 valence electrons. The lowest BCUT2D eigenvalue weighted by atomic mass is 10.1. The van der Waals surface area contributed by atoms with Crippen LogP contribution < -0.4 is 24.6 Å². The number of nitriles is 2. The Kier molecular flexibility index (Phi) is 6.28. The number of hydrogen-bond acceptors (Lipinski definition) is 8. The van der Waals surface area contributed by atoms with Crippen molar-refractivity contribution >= 4 is 40.3 Å². The number of thiazole rings is 1. The van der Waals surface area contributed by atoms with Gasteiger partial charge in [0.05, 0.1) is 28.6 Å². The molecule has 8 nitrogen and oxygen atoms in total. The monoisotopic (exact) mass is 435 g/mol. The molecule has 0 radical (unpaired) electrons. The fourth-order valence-corrected chi connectivity index (χ4v) is 4.56. The van der Waals surface area contributed by atoms with Gasteiger partial charge in [0.2, 0.25) is 0 Å². The Labute approximate surface area is 183 Å². The third kappa shape index (κ3) is 3.72. The SMILES string of the molecule is CCN1/C(=C\C=c2\sc(=C(C#N)C#N)n(CC)c2=O)N(C)c2cc(C(=O)OC)ccc21. The molecule has 1 aromatic carbocycles. The number of hydrogen-bond donors (Lipinski definition) is 0. The van der Waals surface area contributed by atoms with E-state index in [2.05, 4.69) is 4.90 Å². The highest BCUT2D eigenvalue weighted by molar-refractivity contribution is 7.07. The number of methoxy groups -OCH3 is 1. The fourth-order valence-electron chi connectivity index (χ4n) is 3.50. The smallest absolute Gasteiger partial charge is 0.337 e. The van der Waals surface area contributed by atoms with Crippen molar-refractivity contribution in [3.63, 3.8) is 0 Å². The molecule has 1 aliphatic rings. The molecule has 0 fully saturated rings. The molecule has 1 aromatic heterocycles. The van der Waals surface area contributed by atoms with E-state index in [0.29, 0.717) is 27.8 Å². The molecular formula is C22H21N5O3S. The first-order valence-corrected chi connectivity index (χ1v) is 10.4. The first kappa shape index (κ1) is 21.9. The summed E-state index contributed by atoms with van der Waals surface area (Å²) >= 11 is 1.12. The molecule has 0 bridgehead atoms. The van der Waals surface area contributed by atoms with Crippen molar-refractivity contribution in [3.05, 3.63) is 55.2 Å². The molecule has 0 saturated carbocycles. The van der Waals surface area contributed by atoms with Gasteiger partial charge in [-0.3, -0.25) is 9.36 Å². The second-order valence-electron chi connectivity index (χ2n) is 6.61. The van der Waals surface area contributed by atoms with Gasteiger partial charge in [0.1, 0.15) is 22.6 Å².